The van der Waals surface area contributed by atoms with Crippen molar-refractivity contribution >= 4 is 15.9 Å². The molecule has 0 saturated heterocycles. The highest BCUT2D eigenvalue weighted by atomic mass is 79.9. The van der Waals surface area contributed by atoms with Crippen LogP contribution in [0.25, 0.3) is 0 Å². The fourth-order valence-corrected chi connectivity index (χ4v) is 1.52. The van der Waals surface area contributed by atoms with Crippen LogP contribution >= 0.6 is 15.9 Å². The Hall–Kier alpha value is -0.960. The first-order valence-electron chi connectivity index (χ1n) is 4.52. The van der Waals surface area contributed by atoms with Gasteiger partial charge < -0.3 is 9.84 Å². The van der Waals surface area contributed by atoms with Gasteiger partial charge in [-0.1, -0.05) is 15.9 Å². The van der Waals surface area contributed by atoms with Crippen LogP contribution in [-0.4, -0.2) is 16.5 Å². The summed E-state index contributed by atoms with van der Waals surface area (Å²) in [6.45, 7) is -1.03. The van der Waals surface area contributed by atoms with E-state index < -0.39 is 36.4 Å². The van der Waals surface area contributed by atoms with Gasteiger partial charge in [0.15, 0.2) is 0 Å². The first-order valence-corrected chi connectivity index (χ1v) is 5.64. The minimum atomic E-state index is -5.07. The van der Waals surface area contributed by atoms with Gasteiger partial charge in [0.2, 0.25) is 5.88 Å². The lowest BCUT2D eigenvalue weighted by atomic mass is 10.1. The lowest BCUT2D eigenvalue weighted by molar-refractivity contribution is -0.276. The van der Waals surface area contributed by atoms with Crippen LogP contribution in [0.3, 0.4) is 0 Å². The lowest BCUT2D eigenvalue weighted by Gasteiger charge is -2.15. The molecule has 1 aromatic heterocycles. The Balaban J connectivity index is 3.33. The number of rotatable bonds is 4. The van der Waals surface area contributed by atoms with Crippen molar-refractivity contribution in [1.82, 2.24) is 4.98 Å². The summed E-state index contributed by atoms with van der Waals surface area (Å²) in [7, 11) is 0. The van der Waals surface area contributed by atoms with Gasteiger partial charge >= 0.3 is 6.36 Å². The highest BCUT2D eigenvalue weighted by Gasteiger charge is 2.34. The topological polar surface area (TPSA) is 42.4 Å². The Labute approximate surface area is 107 Å². The maximum absolute atomic E-state index is 12.7. The Morgan fingerprint density at radius 2 is 2.00 bits per heavy atom. The third-order valence-electron chi connectivity index (χ3n) is 1.92. The van der Waals surface area contributed by atoms with E-state index >= 15 is 0 Å². The van der Waals surface area contributed by atoms with Gasteiger partial charge in [-0.2, -0.15) is 0 Å². The molecule has 0 bridgehead atoms. The molecule has 102 valence electrons. The van der Waals surface area contributed by atoms with Crippen molar-refractivity contribution < 1.29 is 31.8 Å². The molecule has 1 N–H and O–H groups in total. The first kappa shape index (κ1) is 15.1. The molecular weight excluding hydrogens is 329 g/mol. The number of aliphatic hydroxyl groups is 1. The quantitative estimate of drug-likeness (QED) is 0.678. The number of pyridine rings is 1. The fourth-order valence-electron chi connectivity index (χ4n) is 1.24. The summed E-state index contributed by atoms with van der Waals surface area (Å²) in [5.41, 5.74) is -1.46. The van der Waals surface area contributed by atoms with E-state index in [1.807, 2.05) is 0 Å². The van der Waals surface area contributed by atoms with Crippen molar-refractivity contribution in [3.8, 4) is 5.88 Å². The van der Waals surface area contributed by atoms with Crippen molar-refractivity contribution in [3.05, 3.63) is 22.9 Å². The Bertz CT molecular complexity index is 424. The number of alkyl halides is 6. The van der Waals surface area contributed by atoms with Crippen molar-refractivity contribution in [3.63, 3.8) is 0 Å². The first-order chi connectivity index (χ1) is 8.28. The molecule has 0 aliphatic carbocycles. The molecule has 0 radical (unpaired) electrons. The SMILES string of the molecule is OCc1c(C(F)F)cc(CBr)nc1OC(F)(F)F. The van der Waals surface area contributed by atoms with Crippen LogP contribution in [0.1, 0.15) is 23.2 Å². The summed E-state index contributed by atoms with van der Waals surface area (Å²) in [4.78, 5) is 3.41. The van der Waals surface area contributed by atoms with Crippen molar-refractivity contribution in [2.45, 2.75) is 24.7 Å². The third-order valence-corrected chi connectivity index (χ3v) is 2.49. The Morgan fingerprint density at radius 1 is 1.39 bits per heavy atom. The van der Waals surface area contributed by atoms with Crippen LogP contribution in [0.4, 0.5) is 22.0 Å². The summed E-state index contributed by atoms with van der Waals surface area (Å²) in [5, 5.41) is 8.86. The number of ether oxygens (including phenoxy) is 1. The fraction of sp³-hybridized carbons (Fsp3) is 0.444. The molecule has 0 amide bonds. The Kier molecular flexibility index (Phi) is 4.85. The van der Waals surface area contributed by atoms with Gasteiger partial charge in [-0.15, -0.1) is 13.2 Å². The highest BCUT2D eigenvalue weighted by Crippen LogP contribution is 2.33. The van der Waals surface area contributed by atoms with Crippen molar-refractivity contribution in [2.75, 3.05) is 0 Å². The van der Waals surface area contributed by atoms with Gasteiger partial charge in [0.1, 0.15) is 0 Å². The second kappa shape index (κ2) is 5.79. The Morgan fingerprint density at radius 3 is 2.39 bits per heavy atom. The van der Waals surface area contributed by atoms with E-state index in [-0.39, 0.29) is 11.0 Å². The number of halogens is 6. The van der Waals surface area contributed by atoms with E-state index in [9.17, 15) is 22.0 Å². The van der Waals surface area contributed by atoms with E-state index in [4.69, 9.17) is 5.11 Å². The van der Waals surface area contributed by atoms with E-state index in [1.54, 1.807) is 0 Å². The molecule has 0 atom stereocenters. The molecule has 1 rings (SSSR count). The van der Waals surface area contributed by atoms with Crippen molar-refractivity contribution in [1.29, 1.82) is 0 Å². The van der Waals surface area contributed by atoms with E-state index in [2.05, 4.69) is 25.7 Å². The molecule has 9 heteroatoms. The monoisotopic (exact) mass is 335 g/mol. The second-order valence-corrected chi connectivity index (χ2v) is 3.69. The van der Waals surface area contributed by atoms with Crippen LogP contribution in [0, 0.1) is 0 Å². The zero-order chi connectivity index (χ0) is 13.9. The summed E-state index contributed by atoms with van der Waals surface area (Å²) < 4.78 is 65.1. The van der Waals surface area contributed by atoms with E-state index in [0.29, 0.717) is 0 Å². The highest BCUT2D eigenvalue weighted by molar-refractivity contribution is 9.08. The number of hydrogen-bond donors (Lipinski definition) is 1. The van der Waals surface area contributed by atoms with Crippen LogP contribution in [0.2, 0.25) is 0 Å². The van der Waals surface area contributed by atoms with Crippen LogP contribution in [0.15, 0.2) is 6.07 Å². The molecule has 0 aliphatic rings. The molecule has 18 heavy (non-hydrogen) atoms. The zero-order valence-corrected chi connectivity index (χ0v) is 10.2. The molecule has 0 spiro atoms. The standard InChI is InChI=1S/C9H7BrF5NO2/c10-2-4-1-5(7(11)12)6(3-17)8(16-4)18-9(13,14)15/h1,7,17H,2-3H2. The molecule has 1 heterocycles. The second-order valence-electron chi connectivity index (χ2n) is 3.13. The predicted molar refractivity (Wildman–Crippen MR) is 54.4 cm³/mol. The minimum absolute atomic E-state index is 0.0212. The zero-order valence-electron chi connectivity index (χ0n) is 8.64. The van der Waals surface area contributed by atoms with Gasteiger partial charge in [0.05, 0.1) is 12.3 Å². The smallest absolute Gasteiger partial charge is 0.391 e. The summed E-state index contributed by atoms with van der Waals surface area (Å²) >= 11 is 2.89. The molecule has 0 aliphatic heterocycles. The van der Waals surface area contributed by atoms with Crippen molar-refractivity contribution in [2.24, 2.45) is 0 Å². The average molecular weight is 336 g/mol. The minimum Gasteiger partial charge on any atom is -0.391 e. The normalized spacial score (nSPS) is 12.0. The maximum atomic E-state index is 12.7. The van der Waals surface area contributed by atoms with Crippen LogP contribution < -0.4 is 4.74 Å². The molecular formula is C9H7BrF5NO2. The average Bonchev–Trinajstić information content (AvgIpc) is 2.25. The van der Waals surface area contributed by atoms with E-state index in [0.717, 1.165) is 6.07 Å². The number of nitrogens with zero attached hydrogens (tertiary/aromatic N) is 1. The number of aliphatic hydroxyl groups excluding tert-OH is 1. The van der Waals surface area contributed by atoms with E-state index in [1.165, 1.54) is 0 Å². The van der Waals surface area contributed by atoms with Gasteiger partial charge in [-0.25, -0.2) is 13.8 Å². The molecule has 3 nitrogen and oxygen atoms in total. The largest absolute Gasteiger partial charge is 0.574 e. The summed E-state index contributed by atoms with van der Waals surface area (Å²) in [6, 6.07) is 0.911. The van der Waals surface area contributed by atoms with Gasteiger partial charge in [0.25, 0.3) is 6.43 Å². The van der Waals surface area contributed by atoms with Gasteiger partial charge in [0, 0.05) is 16.5 Å². The summed E-state index contributed by atoms with van der Waals surface area (Å²) in [5.74, 6) is -1.06. The molecule has 0 fully saturated rings. The maximum Gasteiger partial charge on any atom is 0.574 e. The summed E-state index contributed by atoms with van der Waals surface area (Å²) in [6.07, 6.45) is -8.11. The predicted octanol–water partition coefficient (Wildman–Crippen LogP) is 3.31. The lowest BCUT2D eigenvalue weighted by Crippen LogP contribution is -2.20. The number of aromatic nitrogens is 1. The molecule has 0 aromatic carbocycles. The number of hydrogen-bond acceptors (Lipinski definition) is 3. The van der Waals surface area contributed by atoms with Crippen LogP contribution in [-0.2, 0) is 11.9 Å². The van der Waals surface area contributed by atoms with Crippen LogP contribution in [0.5, 0.6) is 5.88 Å². The third kappa shape index (κ3) is 3.77. The molecule has 0 unspecified atom stereocenters. The molecule has 0 saturated carbocycles. The molecule has 1 aromatic rings. The van der Waals surface area contributed by atoms with Gasteiger partial charge in [-0.3, -0.25) is 0 Å². The van der Waals surface area contributed by atoms with Gasteiger partial charge in [-0.05, 0) is 6.07 Å².